The van der Waals surface area contributed by atoms with Gasteiger partial charge in [-0.05, 0) is 17.2 Å². The second kappa shape index (κ2) is 7.87. The largest absolute Gasteiger partial charge is 0.378 e. The van der Waals surface area contributed by atoms with Gasteiger partial charge in [0.1, 0.15) is 8.07 Å². The van der Waals surface area contributed by atoms with Crippen LogP contribution in [-0.2, 0) is 11.3 Å². The zero-order valence-corrected chi connectivity index (χ0v) is 17.4. The third kappa shape index (κ3) is 3.82. The molecule has 0 N–H and O–H groups in total. The Hall–Kier alpha value is -1.75. The monoisotopic (exact) mass is 384 g/mol. The Morgan fingerprint density at radius 1 is 0.846 bits per heavy atom. The Morgan fingerprint density at radius 2 is 1.38 bits per heavy atom. The second-order valence-electron chi connectivity index (χ2n) is 7.59. The van der Waals surface area contributed by atoms with Gasteiger partial charge in [0.15, 0.2) is 5.13 Å². The molecule has 3 aromatic rings. The quantitative estimate of drug-likeness (QED) is 0.543. The van der Waals surface area contributed by atoms with Crippen LogP contribution >= 0.6 is 11.3 Å². The smallest absolute Gasteiger partial charge is 0.176 e. The Morgan fingerprint density at radius 3 is 1.81 bits per heavy atom. The van der Waals surface area contributed by atoms with E-state index in [0.29, 0.717) is 12.8 Å². The molecule has 0 aliphatic heterocycles. The third-order valence-electron chi connectivity index (χ3n) is 5.01. The van der Waals surface area contributed by atoms with Crippen LogP contribution in [0.3, 0.4) is 0 Å². The fourth-order valence-electron chi connectivity index (χ4n) is 3.60. The SMILES string of the molecule is CC(C)(C)[Si](COCc1ccc(F)s1)(c1ccccc1)c1ccccc1. The number of ether oxygens (including phenoxy) is 1. The maximum Gasteiger partial charge on any atom is 0.176 e. The van der Waals surface area contributed by atoms with E-state index < -0.39 is 8.07 Å². The Kier molecular flexibility index (Phi) is 5.75. The molecule has 3 rings (SSSR count). The van der Waals surface area contributed by atoms with Crippen LogP contribution in [0, 0.1) is 5.13 Å². The molecular weight excluding hydrogens is 359 g/mol. The fraction of sp³-hybridized carbons (Fsp3) is 0.273. The molecule has 0 aliphatic carbocycles. The van der Waals surface area contributed by atoms with Gasteiger partial charge in [0.05, 0.1) is 6.61 Å². The summed E-state index contributed by atoms with van der Waals surface area (Å²) in [6.07, 6.45) is 0.671. The molecule has 0 fully saturated rings. The van der Waals surface area contributed by atoms with Gasteiger partial charge in [-0.25, -0.2) is 0 Å². The van der Waals surface area contributed by atoms with Crippen LogP contribution in [0.4, 0.5) is 4.39 Å². The normalized spacial score (nSPS) is 12.3. The lowest BCUT2D eigenvalue weighted by atomic mass is 10.2. The molecule has 0 radical (unpaired) electrons. The van der Waals surface area contributed by atoms with E-state index >= 15 is 0 Å². The van der Waals surface area contributed by atoms with Crippen LogP contribution in [0.25, 0.3) is 0 Å². The number of hydrogen-bond donors (Lipinski definition) is 0. The first kappa shape index (κ1) is 19.0. The van der Waals surface area contributed by atoms with Gasteiger partial charge in [0.2, 0.25) is 0 Å². The summed E-state index contributed by atoms with van der Waals surface area (Å²) in [7, 11) is -2.21. The molecule has 0 aliphatic rings. The van der Waals surface area contributed by atoms with E-state index in [1.807, 2.05) is 6.07 Å². The number of halogens is 1. The average molecular weight is 385 g/mol. The Labute approximate surface area is 160 Å². The van der Waals surface area contributed by atoms with Gasteiger partial charge in [-0.15, -0.1) is 11.3 Å². The summed E-state index contributed by atoms with van der Waals surface area (Å²) in [5.41, 5.74) is 0. The van der Waals surface area contributed by atoms with E-state index in [1.54, 1.807) is 0 Å². The second-order valence-corrected chi connectivity index (χ2v) is 13.5. The summed E-state index contributed by atoms with van der Waals surface area (Å²) in [4.78, 5) is 0.931. The van der Waals surface area contributed by atoms with Crippen molar-refractivity contribution in [3.63, 3.8) is 0 Å². The highest BCUT2D eigenvalue weighted by Crippen LogP contribution is 2.36. The molecule has 0 saturated carbocycles. The number of rotatable bonds is 6. The highest BCUT2D eigenvalue weighted by Gasteiger charge is 2.47. The molecule has 0 unspecified atom stereocenters. The molecule has 1 heterocycles. The standard InChI is InChI=1S/C22H25FOSSi/c1-22(2,3)26(19-10-6-4-7-11-19,20-12-8-5-9-13-20)17-24-16-18-14-15-21(23)25-18/h4-15H,16-17H2,1-3H3. The molecule has 2 aromatic carbocycles. The third-order valence-corrected chi connectivity index (χ3v) is 11.7. The predicted molar refractivity (Wildman–Crippen MR) is 112 cm³/mol. The van der Waals surface area contributed by atoms with Crippen LogP contribution in [-0.4, -0.2) is 14.3 Å². The van der Waals surface area contributed by atoms with Gasteiger partial charge in [-0.1, -0.05) is 91.8 Å². The summed E-state index contributed by atoms with van der Waals surface area (Å²) in [5, 5.41) is 2.65. The van der Waals surface area contributed by atoms with E-state index in [2.05, 4.69) is 81.4 Å². The maximum atomic E-state index is 13.3. The van der Waals surface area contributed by atoms with Crippen LogP contribution in [0.2, 0.25) is 5.04 Å². The molecule has 136 valence electrons. The van der Waals surface area contributed by atoms with E-state index in [1.165, 1.54) is 16.4 Å². The summed E-state index contributed by atoms with van der Waals surface area (Å²) in [6.45, 7) is 7.40. The predicted octanol–water partition coefficient (Wildman–Crippen LogP) is 5.01. The van der Waals surface area contributed by atoms with E-state index in [0.717, 1.165) is 16.2 Å². The van der Waals surface area contributed by atoms with Crippen molar-refractivity contribution in [2.45, 2.75) is 32.4 Å². The maximum absolute atomic E-state index is 13.3. The van der Waals surface area contributed by atoms with E-state index in [-0.39, 0.29) is 10.2 Å². The van der Waals surface area contributed by atoms with E-state index in [4.69, 9.17) is 4.74 Å². The lowest BCUT2D eigenvalue weighted by Gasteiger charge is -2.43. The minimum Gasteiger partial charge on any atom is -0.378 e. The van der Waals surface area contributed by atoms with Gasteiger partial charge < -0.3 is 4.74 Å². The minimum absolute atomic E-state index is 0.0659. The van der Waals surface area contributed by atoms with Crippen molar-refractivity contribution in [2.75, 3.05) is 6.23 Å². The molecule has 0 amide bonds. The fourth-order valence-corrected chi connectivity index (χ4v) is 9.02. The molecule has 0 saturated heterocycles. The van der Waals surface area contributed by atoms with Crippen LogP contribution in [0.15, 0.2) is 72.8 Å². The molecule has 0 spiro atoms. The lowest BCUT2D eigenvalue weighted by molar-refractivity contribution is 0.160. The van der Waals surface area contributed by atoms with Crippen molar-refractivity contribution in [3.8, 4) is 0 Å². The molecule has 0 bridgehead atoms. The van der Waals surface area contributed by atoms with Gasteiger partial charge in [-0.3, -0.25) is 0 Å². The highest BCUT2D eigenvalue weighted by atomic mass is 32.1. The van der Waals surface area contributed by atoms with Crippen molar-refractivity contribution < 1.29 is 9.13 Å². The number of benzene rings is 2. The van der Waals surface area contributed by atoms with Crippen molar-refractivity contribution in [1.29, 1.82) is 0 Å². The topological polar surface area (TPSA) is 9.23 Å². The van der Waals surface area contributed by atoms with Crippen molar-refractivity contribution in [2.24, 2.45) is 0 Å². The summed E-state index contributed by atoms with van der Waals surface area (Å²) < 4.78 is 19.5. The van der Waals surface area contributed by atoms with E-state index in [9.17, 15) is 4.39 Å². The van der Waals surface area contributed by atoms with Gasteiger partial charge in [0, 0.05) is 11.1 Å². The molecule has 0 atom stereocenters. The van der Waals surface area contributed by atoms with Gasteiger partial charge >= 0.3 is 0 Å². The molecule has 1 nitrogen and oxygen atoms in total. The van der Waals surface area contributed by atoms with Gasteiger partial charge in [0.25, 0.3) is 0 Å². The number of hydrogen-bond acceptors (Lipinski definition) is 2. The highest BCUT2D eigenvalue weighted by molar-refractivity contribution is 7.10. The van der Waals surface area contributed by atoms with Crippen molar-refractivity contribution >= 4 is 29.8 Å². The molecular formula is C22H25FOSSi. The van der Waals surface area contributed by atoms with Crippen molar-refractivity contribution in [1.82, 2.24) is 0 Å². The Balaban J connectivity index is 1.99. The summed E-state index contributed by atoms with van der Waals surface area (Å²) in [5.74, 6) is 0. The summed E-state index contributed by atoms with van der Waals surface area (Å²) >= 11 is 1.16. The molecule has 1 aromatic heterocycles. The zero-order chi connectivity index (χ0) is 18.6. The minimum atomic E-state index is -2.21. The first-order valence-corrected chi connectivity index (χ1v) is 11.9. The van der Waals surface area contributed by atoms with Crippen molar-refractivity contribution in [3.05, 3.63) is 82.8 Å². The van der Waals surface area contributed by atoms with Crippen LogP contribution < -0.4 is 10.4 Å². The van der Waals surface area contributed by atoms with Gasteiger partial charge in [-0.2, -0.15) is 4.39 Å². The molecule has 26 heavy (non-hydrogen) atoms. The lowest BCUT2D eigenvalue weighted by Crippen LogP contribution is -2.67. The van der Waals surface area contributed by atoms with Crippen LogP contribution in [0.1, 0.15) is 25.6 Å². The molecule has 4 heteroatoms. The first-order valence-electron chi connectivity index (χ1n) is 8.86. The zero-order valence-electron chi connectivity index (χ0n) is 15.5. The first-order chi connectivity index (χ1) is 12.4. The summed E-state index contributed by atoms with van der Waals surface area (Å²) in [6, 6.07) is 24.8. The Bertz CT molecular complexity index is 785. The number of thiophene rings is 1. The average Bonchev–Trinajstić information content (AvgIpc) is 3.04. The van der Waals surface area contributed by atoms with Crippen LogP contribution in [0.5, 0.6) is 0 Å².